The Hall–Kier alpha value is -3.08. The normalized spacial score (nSPS) is 11.7. The van der Waals surface area contributed by atoms with Crippen LogP contribution in [0.4, 0.5) is 0 Å². The molecule has 0 spiro atoms. The molecular formula is C20H21N3O2. The van der Waals surface area contributed by atoms with E-state index in [-0.39, 0.29) is 18.4 Å². The maximum atomic E-state index is 12.4. The number of benzene rings is 2. The van der Waals surface area contributed by atoms with Crippen molar-refractivity contribution in [2.24, 2.45) is 7.05 Å². The minimum absolute atomic E-state index is 0.0761. The van der Waals surface area contributed by atoms with Gasteiger partial charge >= 0.3 is 0 Å². The lowest BCUT2D eigenvalue weighted by Crippen LogP contribution is -2.31. The molecule has 5 nitrogen and oxygen atoms in total. The second-order valence-corrected chi connectivity index (χ2v) is 5.72. The molecule has 1 heterocycles. The van der Waals surface area contributed by atoms with E-state index < -0.39 is 0 Å². The van der Waals surface area contributed by atoms with Crippen LogP contribution in [-0.2, 0) is 11.8 Å². The first kappa shape index (κ1) is 16.8. The fourth-order valence-corrected chi connectivity index (χ4v) is 2.61. The largest absolute Gasteiger partial charge is 0.493 e. The van der Waals surface area contributed by atoms with Gasteiger partial charge in [-0.1, -0.05) is 48.5 Å². The van der Waals surface area contributed by atoms with Gasteiger partial charge in [-0.25, -0.2) is 4.98 Å². The number of hydrogen-bond acceptors (Lipinski definition) is 3. The van der Waals surface area contributed by atoms with Crippen molar-refractivity contribution in [3.8, 4) is 5.75 Å². The first-order valence-electron chi connectivity index (χ1n) is 8.23. The second-order valence-electron chi connectivity index (χ2n) is 5.72. The van der Waals surface area contributed by atoms with Gasteiger partial charge in [0.05, 0.1) is 13.0 Å². The summed E-state index contributed by atoms with van der Waals surface area (Å²) in [5.74, 6) is 1.48. The predicted molar refractivity (Wildman–Crippen MR) is 96.2 cm³/mol. The number of hydrogen-bond donors (Lipinski definition) is 1. The van der Waals surface area contributed by atoms with Gasteiger partial charge in [-0.05, 0) is 17.7 Å². The number of para-hydroxylation sites is 1. The summed E-state index contributed by atoms with van der Waals surface area (Å²) < 4.78 is 7.51. The van der Waals surface area contributed by atoms with E-state index in [4.69, 9.17) is 4.74 Å². The highest BCUT2D eigenvalue weighted by Crippen LogP contribution is 2.20. The average molecular weight is 335 g/mol. The monoisotopic (exact) mass is 335 g/mol. The van der Waals surface area contributed by atoms with E-state index in [2.05, 4.69) is 10.3 Å². The number of aromatic nitrogens is 2. The Morgan fingerprint density at radius 3 is 2.44 bits per heavy atom. The number of nitrogens with one attached hydrogen (secondary N) is 1. The van der Waals surface area contributed by atoms with Crippen molar-refractivity contribution in [2.45, 2.75) is 12.5 Å². The van der Waals surface area contributed by atoms with E-state index in [1.54, 1.807) is 6.20 Å². The molecule has 0 aliphatic carbocycles. The molecular weight excluding hydrogens is 314 g/mol. The SMILES string of the molecule is Cn1ccnc1C(NC(=O)CCOc1ccccc1)c1ccccc1. The van der Waals surface area contributed by atoms with Crippen molar-refractivity contribution in [1.82, 2.24) is 14.9 Å². The summed E-state index contributed by atoms with van der Waals surface area (Å²) in [6.45, 7) is 0.331. The van der Waals surface area contributed by atoms with Crippen LogP contribution >= 0.6 is 0 Å². The van der Waals surface area contributed by atoms with Gasteiger partial charge in [0.25, 0.3) is 0 Å². The third-order valence-electron chi connectivity index (χ3n) is 3.90. The van der Waals surface area contributed by atoms with Crippen LogP contribution < -0.4 is 10.1 Å². The first-order chi connectivity index (χ1) is 12.2. The number of nitrogens with zero attached hydrogens (tertiary/aromatic N) is 2. The molecule has 3 aromatic rings. The maximum absolute atomic E-state index is 12.4. The van der Waals surface area contributed by atoms with Crippen LogP contribution in [0.2, 0.25) is 0 Å². The summed E-state index contributed by atoms with van der Waals surface area (Å²) >= 11 is 0. The van der Waals surface area contributed by atoms with E-state index in [9.17, 15) is 4.79 Å². The highest BCUT2D eigenvalue weighted by molar-refractivity contribution is 5.77. The molecule has 25 heavy (non-hydrogen) atoms. The molecule has 5 heteroatoms. The Labute approximate surface area is 147 Å². The Kier molecular flexibility index (Phi) is 5.46. The van der Waals surface area contributed by atoms with E-state index in [0.29, 0.717) is 6.61 Å². The Morgan fingerprint density at radius 2 is 1.80 bits per heavy atom. The topological polar surface area (TPSA) is 56.2 Å². The van der Waals surface area contributed by atoms with E-state index in [1.165, 1.54) is 0 Å². The van der Waals surface area contributed by atoms with E-state index in [0.717, 1.165) is 17.1 Å². The van der Waals surface area contributed by atoms with Gasteiger partial charge in [-0.2, -0.15) is 0 Å². The minimum Gasteiger partial charge on any atom is -0.493 e. The molecule has 1 unspecified atom stereocenters. The number of rotatable bonds is 7. The van der Waals surface area contributed by atoms with Crippen LogP contribution in [0.15, 0.2) is 73.1 Å². The van der Waals surface area contributed by atoms with Crippen molar-refractivity contribution in [2.75, 3.05) is 6.61 Å². The number of amides is 1. The van der Waals surface area contributed by atoms with Crippen molar-refractivity contribution in [1.29, 1.82) is 0 Å². The van der Waals surface area contributed by atoms with E-state index >= 15 is 0 Å². The van der Waals surface area contributed by atoms with Crippen LogP contribution in [0.3, 0.4) is 0 Å². The fraction of sp³-hybridized carbons (Fsp3) is 0.200. The van der Waals surface area contributed by atoms with Crippen LogP contribution in [0.25, 0.3) is 0 Å². The summed E-state index contributed by atoms with van der Waals surface area (Å²) in [4.78, 5) is 16.8. The molecule has 3 rings (SSSR count). The molecule has 0 aliphatic rings. The van der Waals surface area contributed by atoms with Crippen molar-refractivity contribution < 1.29 is 9.53 Å². The molecule has 1 aromatic heterocycles. The molecule has 1 amide bonds. The second kappa shape index (κ2) is 8.15. The lowest BCUT2D eigenvalue weighted by atomic mass is 10.1. The average Bonchev–Trinajstić information content (AvgIpc) is 3.07. The zero-order valence-electron chi connectivity index (χ0n) is 14.1. The fourth-order valence-electron chi connectivity index (χ4n) is 2.61. The number of ether oxygens (including phenoxy) is 1. The molecule has 0 aliphatic heterocycles. The van der Waals surface area contributed by atoms with Crippen molar-refractivity contribution in [3.63, 3.8) is 0 Å². The van der Waals surface area contributed by atoms with Gasteiger partial charge < -0.3 is 14.6 Å². The van der Waals surface area contributed by atoms with Gasteiger partial charge in [-0.15, -0.1) is 0 Å². The number of imidazole rings is 1. The number of carbonyl (C=O) groups excluding carboxylic acids is 1. The molecule has 0 fully saturated rings. The minimum atomic E-state index is -0.287. The van der Waals surface area contributed by atoms with Crippen LogP contribution in [0.5, 0.6) is 5.75 Å². The molecule has 0 saturated carbocycles. The highest BCUT2D eigenvalue weighted by atomic mass is 16.5. The quantitative estimate of drug-likeness (QED) is 0.722. The summed E-state index contributed by atoms with van der Waals surface area (Å²) in [5.41, 5.74) is 0.995. The third-order valence-corrected chi connectivity index (χ3v) is 3.90. The Bertz CT molecular complexity index is 800. The van der Waals surface area contributed by atoms with Crippen molar-refractivity contribution >= 4 is 5.91 Å². The molecule has 0 saturated heterocycles. The zero-order valence-corrected chi connectivity index (χ0v) is 14.1. The summed E-state index contributed by atoms with van der Waals surface area (Å²) in [6.07, 6.45) is 3.88. The molecule has 128 valence electrons. The number of aryl methyl sites for hydroxylation is 1. The van der Waals surface area contributed by atoms with Gasteiger partial charge in [0.15, 0.2) is 0 Å². The highest BCUT2D eigenvalue weighted by Gasteiger charge is 2.20. The van der Waals surface area contributed by atoms with Crippen molar-refractivity contribution in [3.05, 3.63) is 84.4 Å². The zero-order chi connectivity index (χ0) is 17.5. The molecule has 0 bridgehead atoms. The Balaban J connectivity index is 1.64. The van der Waals surface area contributed by atoms with Gasteiger partial charge in [-0.3, -0.25) is 4.79 Å². The summed E-state index contributed by atoms with van der Waals surface area (Å²) in [7, 11) is 1.92. The van der Waals surface area contributed by atoms with Crippen LogP contribution in [0, 0.1) is 0 Å². The maximum Gasteiger partial charge on any atom is 0.224 e. The van der Waals surface area contributed by atoms with Crippen LogP contribution in [-0.4, -0.2) is 22.1 Å². The van der Waals surface area contributed by atoms with Gasteiger partial charge in [0.2, 0.25) is 5.91 Å². The third kappa shape index (κ3) is 4.47. The molecule has 1 N–H and O–H groups in total. The van der Waals surface area contributed by atoms with Gasteiger partial charge in [0.1, 0.15) is 17.6 Å². The van der Waals surface area contributed by atoms with Gasteiger partial charge in [0, 0.05) is 19.4 Å². The van der Waals surface area contributed by atoms with Crippen LogP contribution in [0.1, 0.15) is 23.9 Å². The lowest BCUT2D eigenvalue weighted by molar-refractivity contribution is -0.122. The lowest BCUT2D eigenvalue weighted by Gasteiger charge is -2.19. The molecule has 1 atom stereocenters. The molecule has 0 radical (unpaired) electrons. The molecule has 2 aromatic carbocycles. The Morgan fingerprint density at radius 1 is 1.12 bits per heavy atom. The standard InChI is InChI=1S/C20H21N3O2/c1-23-14-13-21-20(23)19(16-8-4-2-5-9-16)22-18(24)12-15-25-17-10-6-3-7-11-17/h2-11,13-14,19H,12,15H2,1H3,(H,22,24). The summed E-state index contributed by atoms with van der Waals surface area (Å²) in [5, 5.41) is 3.06. The summed E-state index contributed by atoms with van der Waals surface area (Å²) in [6, 6.07) is 19.0. The first-order valence-corrected chi connectivity index (χ1v) is 8.23. The number of carbonyl (C=O) groups is 1. The smallest absolute Gasteiger partial charge is 0.224 e. The predicted octanol–water partition coefficient (Wildman–Crippen LogP) is 3.09. The van der Waals surface area contributed by atoms with E-state index in [1.807, 2.05) is 78.5 Å².